The zero-order chi connectivity index (χ0) is 16.5. The standard InChI is InChI=1S/C18H17FS.C2H6/c1-4-13(2)7-8-14(3)15-9-10-16(17(19)12-15)18-6-5-11-20-18;1-2/h4-12H,1H2,2-3H3;1-2H3/b13-7-,14-8+;. The van der Waals surface area contributed by atoms with Crippen LogP contribution in [-0.2, 0) is 0 Å². The molecule has 0 unspecified atom stereocenters. The largest absolute Gasteiger partial charge is 0.206 e. The molecule has 0 spiro atoms. The summed E-state index contributed by atoms with van der Waals surface area (Å²) in [5, 5.41) is 1.96. The number of hydrogen-bond acceptors (Lipinski definition) is 1. The first-order chi connectivity index (χ1) is 10.6. The molecular weight excluding hydrogens is 291 g/mol. The van der Waals surface area contributed by atoms with Crippen molar-refractivity contribution < 1.29 is 4.39 Å². The van der Waals surface area contributed by atoms with Gasteiger partial charge in [0, 0.05) is 10.4 Å². The lowest BCUT2D eigenvalue weighted by Crippen LogP contribution is -1.86. The maximum atomic E-state index is 14.2. The van der Waals surface area contributed by atoms with Gasteiger partial charge in [-0.3, -0.25) is 0 Å². The number of allylic oxidation sites excluding steroid dienone is 5. The summed E-state index contributed by atoms with van der Waals surface area (Å²) in [4.78, 5) is 0.957. The Morgan fingerprint density at radius 2 is 1.86 bits per heavy atom. The molecule has 0 amide bonds. The molecule has 0 aliphatic rings. The highest BCUT2D eigenvalue weighted by Gasteiger charge is 2.07. The average Bonchev–Trinajstić information content (AvgIpc) is 3.08. The van der Waals surface area contributed by atoms with Gasteiger partial charge < -0.3 is 0 Å². The van der Waals surface area contributed by atoms with E-state index in [0.29, 0.717) is 5.56 Å². The number of hydrogen-bond donors (Lipinski definition) is 0. The van der Waals surface area contributed by atoms with Crippen LogP contribution in [0.5, 0.6) is 0 Å². The van der Waals surface area contributed by atoms with E-state index in [1.807, 2.05) is 69.5 Å². The van der Waals surface area contributed by atoms with Gasteiger partial charge in [0.1, 0.15) is 5.82 Å². The summed E-state index contributed by atoms with van der Waals surface area (Å²) in [6.07, 6.45) is 5.76. The van der Waals surface area contributed by atoms with E-state index in [9.17, 15) is 4.39 Å². The second kappa shape index (κ2) is 9.16. The van der Waals surface area contributed by atoms with Gasteiger partial charge in [0.2, 0.25) is 0 Å². The van der Waals surface area contributed by atoms with Crippen molar-refractivity contribution in [3.63, 3.8) is 0 Å². The van der Waals surface area contributed by atoms with Crippen molar-refractivity contribution in [1.82, 2.24) is 0 Å². The van der Waals surface area contributed by atoms with E-state index in [-0.39, 0.29) is 5.82 Å². The summed E-state index contributed by atoms with van der Waals surface area (Å²) in [6, 6.07) is 9.26. The van der Waals surface area contributed by atoms with Crippen LogP contribution >= 0.6 is 11.3 Å². The summed E-state index contributed by atoms with van der Waals surface area (Å²) >= 11 is 1.55. The first-order valence-electron chi connectivity index (χ1n) is 7.43. The highest BCUT2D eigenvalue weighted by molar-refractivity contribution is 7.13. The van der Waals surface area contributed by atoms with E-state index < -0.39 is 0 Å². The van der Waals surface area contributed by atoms with Crippen molar-refractivity contribution in [2.24, 2.45) is 0 Å². The molecule has 0 nitrogen and oxygen atoms in total. The van der Waals surface area contributed by atoms with E-state index in [2.05, 4.69) is 6.58 Å². The second-order valence-electron chi connectivity index (χ2n) is 4.64. The lowest BCUT2D eigenvalue weighted by atomic mass is 10.0. The van der Waals surface area contributed by atoms with Crippen LogP contribution in [0, 0.1) is 5.82 Å². The summed E-state index contributed by atoms with van der Waals surface area (Å²) in [6.45, 7) is 11.7. The van der Waals surface area contributed by atoms with Crippen molar-refractivity contribution in [2.75, 3.05) is 0 Å². The fourth-order valence-electron chi connectivity index (χ4n) is 1.81. The van der Waals surface area contributed by atoms with E-state index in [4.69, 9.17) is 0 Å². The molecule has 0 saturated heterocycles. The summed E-state index contributed by atoms with van der Waals surface area (Å²) in [5.41, 5.74) is 3.67. The maximum absolute atomic E-state index is 14.2. The molecule has 2 rings (SSSR count). The summed E-state index contributed by atoms with van der Waals surface area (Å²) in [7, 11) is 0. The van der Waals surface area contributed by atoms with Gasteiger partial charge in [0.15, 0.2) is 0 Å². The fraction of sp³-hybridized carbons (Fsp3) is 0.200. The van der Waals surface area contributed by atoms with Crippen LogP contribution in [0.3, 0.4) is 0 Å². The molecule has 1 aromatic heterocycles. The summed E-state index contributed by atoms with van der Waals surface area (Å²) < 4.78 is 14.2. The van der Waals surface area contributed by atoms with Crippen LogP contribution in [0.15, 0.2) is 66.1 Å². The second-order valence-corrected chi connectivity index (χ2v) is 5.58. The quantitative estimate of drug-likeness (QED) is 0.527. The fourth-order valence-corrected chi connectivity index (χ4v) is 2.57. The van der Waals surface area contributed by atoms with Crippen LogP contribution in [0.2, 0.25) is 0 Å². The minimum atomic E-state index is -0.179. The van der Waals surface area contributed by atoms with Crippen LogP contribution in [0.1, 0.15) is 33.3 Å². The van der Waals surface area contributed by atoms with Crippen LogP contribution in [-0.4, -0.2) is 0 Å². The predicted molar refractivity (Wildman–Crippen MR) is 98.7 cm³/mol. The Labute approximate surface area is 137 Å². The molecule has 0 aliphatic heterocycles. The molecule has 2 heteroatoms. The summed E-state index contributed by atoms with van der Waals surface area (Å²) in [5.74, 6) is -0.179. The average molecular weight is 314 g/mol. The number of halogens is 1. The number of benzene rings is 1. The monoisotopic (exact) mass is 314 g/mol. The van der Waals surface area contributed by atoms with Crippen molar-refractivity contribution in [3.8, 4) is 10.4 Å². The third kappa shape index (κ3) is 4.81. The minimum absolute atomic E-state index is 0.179. The molecule has 0 atom stereocenters. The molecule has 0 N–H and O–H groups in total. The first kappa shape index (κ1) is 18.1. The topological polar surface area (TPSA) is 0 Å². The van der Waals surface area contributed by atoms with E-state index >= 15 is 0 Å². The van der Waals surface area contributed by atoms with Crippen molar-refractivity contribution in [3.05, 3.63) is 77.5 Å². The molecule has 22 heavy (non-hydrogen) atoms. The molecule has 2 aromatic rings. The molecule has 116 valence electrons. The first-order valence-corrected chi connectivity index (χ1v) is 8.31. The van der Waals surface area contributed by atoms with Gasteiger partial charge in [-0.05, 0) is 42.5 Å². The van der Waals surface area contributed by atoms with Crippen molar-refractivity contribution in [2.45, 2.75) is 27.7 Å². The molecule has 1 heterocycles. The molecule has 0 fully saturated rings. The number of thiophene rings is 1. The van der Waals surface area contributed by atoms with Crippen LogP contribution < -0.4 is 0 Å². The maximum Gasteiger partial charge on any atom is 0.132 e. The van der Waals surface area contributed by atoms with Crippen LogP contribution in [0.4, 0.5) is 4.39 Å². The Hall–Kier alpha value is -1.93. The van der Waals surface area contributed by atoms with Gasteiger partial charge in [-0.25, -0.2) is 4.39 Å². The van der Waals surface area contributed by atoms with Crippen molar-refractivity contribution >= 4 is 16.9 Å². The SMILES string of the molecule is C=C/C(C)=C\C=C(/C)c1ccc(-c2cccs2)c(F)c1.CC. The van der Waals surface area contributed by atoms with Gasteiger partial charge in [0.25, 0.3) is 0 Å². The van der Waals surface area contributed by atoms with E-state index in [1.165, 1.54) is 0 Å². The third-order valence-electron chi connectivity index (χ3n) is 3.13. The molecule has 1 aromatic carbocycles. The molecule has 0 saturated carbocycles. The van der Waals surface area contributed by atoms with E-state index in [1.54, 1.807) is 23.5 Å². The molecular formula is C20H23FS. The zero-order valence-electron chi connectivity index (χ0n) is 13.7. The Morgan fingerprint density at radius 3 is 2.41 bits per heavy atom. The zero-order valence-corrected chi connectivity index (χ0v) is 14.5. The van der Waals surface area contributed by atoms with Crippen molar-refractivity contribution in [1.29, 1.82) is 0 Å². The van der Waals surface area contributed by atoms with Gasteiger partial charge in [-0.2, -0.15) is 0 Å². The lowest BCUT2D eigenvalue weighted by molar-refractivity contribution is 0.631. The van der Waals surface area contributed by atoms with Gasteiger partial charge >= 0.3 is 0 Å². The molecule has 0 bridgehead atoms. The smallest absolute Gasteiger partial charge is 0.132 e. The van der Waals surface area contributed by atoms with Gasteiger partial charge in [-0.1, -0.05) is 62.4 Å². The predicted octanol–water partition coefficient (Wildman–Crippen LogP) is 7.12. The highest BCUT2D eigenvalue weighted by atomic mass is 32.1. The Balaban J connectivity index is 0.00000116. The Bertz CT molecular complexity index is 661. The van der Waals surface area contributed by atoms with Gasteiger partial charge in [0.05, 0.1) is 0 Å². The van der Waals surface area contributed by atoms with E-state index in [0.717, 1.165) is 21.6 Å². The third-order valence-corrected chi connectivity index (χ3v) is 4.03. The lowest BCUT2D eigenvalue weighted by Gasteiger charge is -2.05. The Kier molecular flexibility index (Phi) is 7.55. The molecule has 0 radical (unpaired) electrons. The number of rotatable bonds is 4. The van der Waals surface area contributed by atoms with Crippen LogP contribution in [0.25, 0.3) is 16.0 Å². The highest BCUT2D eigenvalue weighted by Crippen LogP contribution is 2.29. The normalized spacial score (nSPS) is 11.7. The molecule has 0 aliphatic carbocycles. The minimum Gasteiger partial charge on any atom is -0.206 e. The Morgan fingerprint density at radius 1 is 1.14 bits per heavy atom. The van der Waals surface area contributed by atoms with Gasteiger partial charge in [-0.15, -0.1) is 11.3 Å².